The van der Waals surface area contributed by atoms with Gasteiger partial charge in [-0.05, 0) is 38.5 Å². The van der Waals surface area contributed by atoms with Crippen LogP contribution in [0.25, 0.3) is 0 Å². The first-order chi connectivity index (χ1) is 7.95. The Kier molecular flexibility index (Phi) is 4.04. The minimum Gasteiger partial charge on any atom is -0.478 e. The van der Waals surface area contributed by atoms with Gasteiger partial charge in [-0.3, -0.25) is 0 Å². The van der Waals surface area contributed by atoms with E-state index in [9.17, 15) is 9.59 Å². The highest BCUT2D eigenvalue weighted by molar-refractivity contribution is 5.91. The van der Waals surface area contributed by atoms with Gasteiger partial charge < -0.3 is 9.84 Å². The Bertz CT molecular complexity index is 486. The van der Waals surface area contributed by atoms with E-state index in [0.29, 0.717) is 11.1 Å². The molecule has 0 saturated heterocycles. The second kappa shape index (κ2) is 5.30. The van der Waals surface area contributed by atoms with Gasteiger partial charge in [0.1, 0.15) is 5.75 Å². The van der Waals surface area contributed by atoms with Crippen molar-refractivity contribution in [1.82, 2.24) is 0 Å². The zero-order valence-corrected chi connectivity index (χ0v) is 9.98. The van der Waals surface area contributed by atoms with Gasteiger partial charge in [0.2, 0.25) is 0 Å². The molecule has 0 radical (unpaired) electrons. The molecule has 17 heavy (non-hydrogen) atoms. The molecular formula is C13H14O4. The van der Waals surface area contributed by atoms with Crippen molar-refractivity contribution in [1.29, 1.82) is 0 Å². The third-order valence-electron chi connectivity index (χ3n) is 2.39. The molecule has 0 amide bonds. The largest absolute Gasteiger partial charge is 0.478 e. The lowest BCUT2D eigenvalue weighted by Gasteiger charge is -2.08. The zero-order chi connectivity index (χ0) is 13.0. The lowest BCUT2D eigenvalue weighted by Crippen LogP contribution is -2.10. The molecule has 90 valence electrons. The molecule has 0 unspecified atom stereocenters. The molecule has 4 heteroatoms. The van der Waals surface area contributed by atoms with Gasteiger partial charge in [-0.15, -0.1) is 0 Å². The predicted molar refractivity (Wildman–Crippen MR) is 63.2 cm³/mol. The molecule has 1 N–H and O–H groups in total. The summed E-state index contributed by atoms with van der Waals surface area (Å²) in [6.07, 6.45) is 1.64. The van der Waals surface area contributed by atoms with Crippen molar-refractivity contribution in [3.05, 3.63) is 41.0 Å². The third-order valence-corrected chi connectivity index (χ3v) is 2.39. The number of carboxylic acid groups (broad SMARTS) is 1. The molecule has 0 spiro atoms. The van der Waals surface area contributed by atoms with Crippen molar-refractivity contribution < 1.29 is 19.4 Å². The highest BCUT2D eigenvalue weighted by Gasteiger charge is 2.11. The van der Waals surface area contributed by atoms with E-state index in [1.54, 1.807) is 32.9 Å². The average molecular weight is 234 g/mol. The number of allylic oxidation sites excluding steroid dienone is 1. The first-order valence-electron chi connectivity index (χ1n) is 5.14. The number of ether oxygens (including phenoxy) is 1. The van der Waals surface area contributed by atoms with Crippen LogP contribution in [-0.4, -0.2) is 17.0 Å². The molecule has 0 aliphatic rings. The Hall–Kier alpha value is -2.10. The van der Waals surface area contributed by atoms with E-state index < -0.39 is 11.9 Å². The standard InChI is InChI=1S/C13H14O4/c1-4-8(2)13(16)17-11-7-10(12(14)15)6-5-9(11)3/h4-7H,1-3H3,(H,14,15)/b8-4+. The molecule has 4 nitrogen and oxygen atoms in total. The summed E-state index contributed by atoms with van der Waals surface area (Å²) < 4.78 is 5.12. The van der Waals surface area contributed by atoms with Crippen LogP contribution >= 0.6 is 0 Å². The second-order valence-corrected chi connectivity index (χ2v) is 3.65. The maximum atomic E-state index is 11.5. The summed E-state index contributed by atoms with van der Waals surface area (Å²) in [5, 5.41) is 8.84. The van der Waals surface area contributed by atoms with Gasteiger partial charge in [0.05, 0.1) is 5.56 Å². The lowest BCUT2D eigenvalue weighted by molar-refractivity contribution is -0.130. The van der Waals surface area contributed by atoms with Gasteiger partial charge in [-0.1, -0.05) is 12.1 Å². The summed E-state index contributed by atoms with van der Waals surface area (Å²) in [6.45, 7) is 5.12. The molecule has 1 rings (SSSR count). The quantitative estimate of drug-likeness (QED) is 0.496. The highest BCUT2D eigenvalue weighted by Crippen LogP contribution is 2.20. The minimum absolute atomic E-state index is 0.0940. The van der Waals surface area contributed by atoms with Crippen LogP contribution in [0.3, 0.4) is 0 Å². The third kappa shape index (κ3) is 3.17. The fourth-order valence-electron chi connectivity index (χ4n) is 1.14. The second-order valence-electron chi connectivity index (χ2n) is 3.65. The summed E-state index contributed by atoms with van der Waals surface area (Å²) in [4.78, 5) is 22.3. The van der Waals surface area contributed by atoms with Crippen LogP contribution in [0, 0.1) is 6.92 Å². The number of carbonyl (C=O) groups excluding carboxylic acids is 1. The van der Waals surface area contributed by atoms with Gasteiger partial charge in [-0.2, -0.15) is 0 Å². The van der Waals surface area contributed by atoms with Gasteiger partial charge >= 0.3 is 11.9 Å². The number of esters is 1. The Morgan fingerprint density at radius 2 is 2.00 bits per heavy atom. The summed E-state index contributed by atoms with van der Waals surface area (Å²) >= 11 is 0. The number of rotatable bonds is 3. The first-order valence-corrected chi connectivity index (χ1v) is 5.14. The van der Waals surface area contributed by atoms with Crippen LogP contribution in [0.1, 0.15) is 29.8 Å². The monoisotopic (exact) mass is 234 g/mol. The van der Waals surface area contributed by atoms with E-state index >= 15 is 0 Å². The van der Waals surface area contributed by atoms with Gasteiger partial charge in [0, 0.05) is 5.57 Å². The maximum Gasteiger partial charge on any atom is 0.338 e. The minimum atomic E-state index is -1.05. The number of aromatic carboxylic acids is 1. The molecule has 0 aliphatic heterocycles. The van der Waals surface area contributed by atoms with Crippen molar-refractivity contribution in [2.24, 2.45) is 0 Å². The molecule has 0 atom stereocenters. The normalized spacial score (nSPS) is 11.1. The highest BCUT2D eigenvalue weighted by atomic mass is 16.5. The van der Waals surface area contributed by atoms with Crippen LogP contribution in [0.15, 0.2) is 29.8 Å². The van der Waals surface area contributed by atoms with Gasteiger partial charge in [-0.25, -0.2) is 9.59 Å². The van der Waals surface area contributed by atoms with E-state index in [1.165, 1.54) is 12.1 Å². The predicted octanol–water partition coefficient (Wildman–Crippen LogP) is 2.56. The Morgan fingerprint density at radius 1 is 1.35 bits per heavy atom. The van der Waals surface area contributed by atoms with Crippen LogP contribution in [0.2, 0.25) is 0 Å². The smallest absolute Gasteiger partial charge is 0.338 e. The van der Waals surface area contributed by atoms with Crippen LogP contribution in [-0.2, 0) is 4.79 Å². The van der Waals surface area contributed by atoms with Crippen molar-refractivity contribution in [3.63, 3.8) is 0 Å². The Balaban J connectivity index is 3.02. The number of carboxylic acids is 1. The van der Waals surface area contributed by atoms with E-state index in [-0.39, 0.29) is 11.3 Å². The molecule has 0 aliphatic carbocycles. The molecule has 0 saturated carbocycles. The topological polar surface area (TPSA) is 63.6 Å². The Labute approximate surface area is 99.5 Å². The summed E-state index contributed by atoms with van der Waals surface area (Å²) in [6, 6.07) is 4.42. The Morgan fingerprint density at radius 3 is 2.53 bits per heavy atom. The van der Waals surface area contributed by atoms with Crippen molar-refractivity contribution in [3.8, 4) is 5.75 Å². The molecule has 1 aromatic rings. The number of benzene rings is 1. The van der Waals surface area contributed by atoms with Gasteiger partial charge in [0.25, 0.3) is 0 Å². The molecule has 0 bridgehead atoms. The summed E-state index contributed by atoms with van der Waals surface area (Å²) in [7, 11) is 0. The fraction of sp³-hybridized carbons (Fsp3) is 0.231. The first kappa shape index (κ1) is 13.0. The lowest BCUT2D eigenvalue weighted by atomic mass is 10.1. The molecule has 0 aromatic heterocycles. The summed E-state index contributed by atoms with van der Waals surface area (Å²) in [5.74, 6) is -1.25. The van der Waals surface area contributed by atoms with Crippen LogP contribution < -0.4 is 4.74 Å². The maximum absolute atomic E-state index is 11.5. The number of hydrogen-bond donors (Lipinski definition) is 1. The van der Waals surface area contributed by atoms with E-state index in [4.69, 9.17) is 9.84 Å². The van der Waals surface area contributed by atoms with E-state index in [2.05, 4.69) is 0 Å². The van der Waals surface area contributed by atoms with Gasteiger partial charge in [0.15, 0.2) is 0 Å². The van der Waals surface area contributed by atoms with E-state index in [1.807, 2.05) is 0 Å². The van der Waals surface area contributed by atoms with Crippen LogP contribution in [0.4, 0.5) is 0 Å². The SMILES string of the molecule is C/C=C(\C)C(=O)Oc1cc(C(=O)O)ccc1C. The summed E-state index contributed by atoms with van der Waals surface area (Å²) in [5.41, 5.74) is 1.29. The van der Waals surface area contributed by atoms with E-state index in [0.717, 1.165) is 0 Å². The molecule has 0 heterocycles. The van der Waals surface area contributed by atoms with Crippen molar-refractivity contribution in [2.75, 3.05) is 0 Å². The fourth-order valence-corrected chi connectivity index (χ4v) is 1.14. The van der Waals surface area contributed by atoms with Crippen molar-refractivity contribution >= 4 is 11.9 Å². The molecule has 0 fully saturated rings. The van der Waals surface area contributed by atoms with Crippen molar-refractivity contribution in [2.45, 2.75) is 20.8 Å². The zero-order valence-electron chi connectivity index (χ0n) is 9.98. The molecule has 1 aromatic carbocycles. The number of aryl methyl sites for hydroxylation is 1. The number of carbonyl (C=O) groups is 2. The molecular weight excluding hydrogens is 220 g/mol. The average Bonchev–Trinajstić information content (AvgIpc) is 2.30. The van der Waals surface area contributed by atoms with Crippen LogP contribution in [0.5, 0.6) is 5.75 Å². The number of hydrogen-bond acceptors (Lipinski definition) is 3.